The smallest absolute Gasteiger partial charge is 0.241 e. The first-order valence-electron chi connectivity index (χ1n) is 10.2. The van der Waals surface area contributed by atoms with Gasteiger partial charge in [-0.3, -0.25) is 4.79 Å². The molecule has 0 bridgehead atoms. The Kier molecular flexibility index (Phi) is 6.60. The van der Waals surface area contributed by atoms with Crippen molar-refractivity contribution in [3.05, 3.63) is 64.7 Å². The van der Waals surface area contributed by atoms with Crippen molar-refractivity contribution >= 4 is 27.5 Å². The highest BCUT2D eigenvalue weighted by Crippen LogP contribution is 2.42. The van der Waals surface area contributed by atoms with Gasteiger partial charge in [0.1, 0.15) is 0 Å². The van der Waals surface area contributed by atoms with E-state index in [-0.39, 0.29) is 17.3 Å². The molecule has 0 heterocycles. The predicted molar refractivity (Wildman–Crippen MR) is 120 cm³/mol. The van der Waals surface area contributed by atoms with Gasteiger partial charge in [0, 0.05) is 17.1 Å². The summed E-state index contributed by atoms with van der Waals surface area (Å²) < 4.78 is 28.4. The van der Waals surface area contributed by atoms with Crippen LogP contribution >= 0.6 is 11.6 Å². The second kappa shape index (κ2) is 8.69. The molecule has 5 nitrogen and oxygen atoms in total. The number of carbonyl (C=O) groups is 1. The van der Waals surface area contributed by atoms with E-state index in [0.717, 1.165) is 31.2 Å². The zero-order valence-corrected chi connectivity index (χ0v) is 19.2. The average Bonchev–Trinajstić information content (AvgIpc) is 3.16. The maximum absolute atomic E-state index is 13.3. The van der Waals surface area contributed by atoms with Crippen LogP contribution in [0.3, 0.4) is 0 Å². The van der Waals surface area contributed by atoms with Gasteiger partial charge in [-0.05, 0) is 62.9 Å². The lowest BCUT2D eigenvalue weighted by molar-refractivity contribution is -0.126. The fraction of sp³-hybridized carbons (Fsp3) is 0.435. The van der Waals surface area contributed by atoms with Gasteiger partial charge in [-0.2, -0.15) is 0 Å². The lowest BCUT2D eigenvalue weighted by Gasteiger charge is -2.29. The second-order valence-electron chi connectivity index (χ2n) is 8.95. The molecule has 0 unspecified atom stereocenters. The van der Waals surface area contributed by atoms with Gasteiger partial charge < -0.3 is 5.32 Å². The van der Waals surface area contributed by atoms with Gasteiger partial charge in [0.25, 0.3) is 0 Å². The highest BCUT2D eigenvalue weighted by atomic mass is 35.5. The molecule has 1 fully saturated rings. The van der Waals surface area contributed by atoms with Crippen LogP contribution in [0.25, 0.3) is 0 Å². The van der Waals surface area contributed by atoms with Crippen LogP contribution in [-0.4, -0.2) is 19.9 Å². The number of sulfonamides is 1. The molecule has 1 saturated carbocycles. The molecule has 0 spiro atoms. The van der Waals surface area contributed by atoms with Crippen molar-refractivity contribution < 1.29 is 13.2 Å². The minimum absolute atomic E-state index is 0.0850. The fourth-order valence-electron chi connectivity index (χ4n) is 4.13. The molecule has 7 heteroatoms. The van der Waals surface area contributed by atoms with Gasteiger partial charge in [0.05, 0.1) is 10.3 Å². The quantitative estimate of drug-likeness (QED) is 0.680. The summed E-state index contributed by atoms with van der Waals surface area (Å²) in [5, 5.41) is 3.61. The van der Waals surface area contributed by atoms with Crippen LogP contribution < -0.4 is 10.0 Å². The summed E-state index contributed by atoms with van der Waals surface area (Å²) in [4.78, 5) is 13.5. The minimum Gasteiger partial charge on any atom is -0.351 e. The Morgan fingerprint density at radius 2 is 1.73 bits per heavy atom. The van der Waals surface area contributed by atoms with Crippen LogP contribution in [0.2, 0.25) is 5.02 Å². The molecule has 0 saturated heterocycles. The Bertz CT molecular complexity index is 1020. The van der Waals surface area contributed by atoms with Gasteiger partial charge >= 0.3 is 0 Å². The molecule has 1 aliphatic carbocycles. The van der Waals surface area contributed by atoms with Gasteiger partial charge in [-0.1, -0.05) is 54.8 Å². The molecule has 2 N–H and O–H groups in total. The molecule has 1 aliphatic rings. The lowest BCUT2D eigenvalue weighted by atomic mass is 9.78. The van der Waals surface area contributed by atoms with Crippen molar-refractivity contribution in [1.29, 1.82) is 0 Å². The zero-order chi connectivity index (χ0) is 22.0. The highest BCUT2D eigenvalue weighted by molar-refractivity contribution is 7.89. The van der Waals surface area contributed by atoms with E-state index in [1.807, 2.05) is 18.2 Å². The second-order valence-corrected chi connectivity index (χ2v) is 11.0. The summed E-state index contributed by atoms with van der Waals surface area (Å²) in [6.45, 7) is 5.53. The molecule has 0 aromatic heterocycles. The number of hydrogen-bond acceptors (Lipinski definition) is 3. The number of benzene rings is 2. The molecule has 30 heavy (non-hydrogen) atoms. The van der Waals surface area contributed by atoms with E-state index in [4.69, 9.17) is 11.6 Å². The maximum atomic E-state index is 13.3. The van der Waals surface area contributed by atoms with Gasteiger partial charge in [0.15, 0.2) is 0 Å². The molecule has 0 radical (unpaired) electrons. The zero-order valence-electron chi connectivity index (χ0n) is 17.7. The van der Waals surface area contributed by atoms with Crippen molar-refractivity contribution in [1.82, 2.24) is 10.0 Å². The third-order valence-electron chi connectivity index (χ3n) is 5.41. The first kappa shape index (κ1) is 22.8. The Morgan fingerprint density at radius 3 is 2.37 bits per heavy atom. The Hall–Kier alpha value is -1.89. The summed E-state index contributed by atoms with van der Waals surface area (Å²) in [5.41, 5.74) is 0.250. The maximum Gasteiger partial charge on any atom is 0.241 e. The van der Waals surface area contributed by atoms with E-state index in [1.54, 1.807) is 51.1 Å². The summed E-state index contributed by atoms with van der Waals surface area (Å²) in [6.07, 6.45) is 3.45. The number of hydrogen-bond donors (Lipinski definition) is 2. The molecule has 3 rings (SSSR count). The topological polar surface area (TPSA) is 75.3 Å². The predicted octanol–water partition coefficient (Wildman–Crippen LogP) is 4.55. The van der Waals surface area contributed by atoms with Gasteiger partial charge in [0.2, 0.25) is 15.9 Å². The van der Waals surface area contributed by atoms with Gasteiger partial charge in [-0.25, -0.2) is 13.1 Å². The van der Waals surface area contributed by atoms with Crippen LogP contribution in [0.1, 0.15) is 57.6 Å². The standard InChI is InChI=1S/C23H29ClN2O3S/c1-22(2,3)26-30(28,29)20-12-5-4-9-17(20)16-25-21(27)23(13-6-7-14-23)18-10-8-11-19(24)15-18/h4-5,8-12,15,26H,6-7,13-14,16H2,1-3H3,(H,25,27). The van der Waals surface area contributed by atoms with Crippen LogP contribution in [0, 0.1) is 0 Å². The molecule has 1 amide bonds. The van der Waals surface area contributed by atoms with Gasteiger partial charge in [-0.15, -0.1) is 0 Å². The summed E-state index contributed by atoms with van der Waals surface area (Å²) in [5.74, 6) is -0.0850. The monoisotopic (exact) mass is 448 g/mol. The van der Waals surface area contributed by atoms with Crippen LogP contribution in [0.15, 0.2) is 53.4 Å². The molecule has 0 aliphatic heterocycles. The lowest BCUT2D eigenvalue weighted by Crippen LogP contribution is -2.43. The SMILES string of the molecule is CC(C)(C)NS(=O)(=O)c1ccccc1CNC(=O)C1(c2cccc(Cl)c2)CCCC1. The number of rotatable bonds is 6. The van der Waals surface area contributed by atoms with Crippen molar-refractivity contribution in [2.24, 2.45) is 0 Å². The van der Waals surface area contributed by atoms with Crippen molar-refractivity contribution in [3.63, 3.8) is 0 Å². The van der Waals surface area contributed by atoms with Crippen molar-refractivity contribution in [2.75, 3.05) is 0 Å². The fourth-order valence-corrected chi connectivity index (χ4v) is 5.98. The number of halogens is 1. The molecule has 0 atom stereocenters. The molecular formula is C23H29ClN2O3S. The van der Waals surface area contributed by atoms with Crippen LogP contribution in [-0.2, 0) is 26.8 Å². The number of nitrogens with one attached hydrogen (secondary N) is 2. The third kappa shape index (κ3) is 5.05. The van der Waals surface area contributed by atoms with E-state index >= 15 is 0 Å². The first-order chi connectivity index (χ1) is 14.0. The Balaban J connectivity index is 1.84. The molecule has 162 valence electrons. The molecule has 2 aromatic rings. The first-order valence-corrected chi connectivity index (χ1v) is 12.1. The Labute approximate surface area is 184 Å². The van der Waals surface area contributed by atoms with E-state index in [9.17, 15) is 13.2 Å². The van der Waals surface area contributed by atoms with E-state index < -0.39 is 21.0 Å². The third-order valence-corrected chi connectivity index (χ3v) is 7.50. The molecule has 2 aromatic carbocycles. The normalized spacial score (nSPS) is 16.4. The summed E-state index contributed by atoms with van der Waals surface area (Å²) >= 11 is 6.18. The van der Waals surface area contributed by atoms with Crippen molar-refractivity contribution in [2.45, 2.75) is 68.8 Å². The largest absolute Gasteiger partial charge is 0.351 e. The number of amides is 1. The van der Waals surface area contributed by atoms with E-state index in [2.05, 4.69) is 10.0 Å². The summed E-state index contributed by atoms with van der Waals surface area (Å²) in [7, 11) is -3.71. The average molecular weight is 449 g/mol. The summed E-state index contributed by atoms with van der Waals surface area (Å²) in [6, 6.07) is 14.2. The van der Waals surface area contributed by atoms with Crippen molar-refractivity contribution in [3.8, 4) is 0 Å². The van der Waals surface area contributed by atoms with E-state index in [1.165, 1.54) is 0 Å². The molecular weight excluding hydrogens is 420 g/mol. The minimum atomic E-state index is -3.71. The Morgan fingerprint density at radius 1 is 1.07 bits per heavy atom. The van der Waals surface area contributed by atoms with Crippen LogP contribution in [0.4, 0.5) is 0 Å². The van der Waals surface area contributed by atoms with E-state index in [0.29, 0.717) is 10.6 Å². The number of carbonyl (C=O) groups excluding carboxylic acids is 1. The van der Waals surface area contributed by atoms with Crippen LogP contribution in [0.5, 0.6) is 0 Å². The highest BCUT2D eigenvalue weighted by Gasteiger charge is 2.42.